The quantitative estimate of drug-likeness (QED) is 0.937. The van der Waals surface area contributed by atoms with E-state index >= 15 is 0 Å². The average molecular weight is 335 g/mol. The number of nitrogens with zero attached hydrogens (tertiary/aromatic N) is 3. The number of pyridine rings is 2. The normalized spacial score (nSPS) is 15.5. The van der Waals surface area contributed by atoms with Gasteiger partial charge < -0.3 is 10.2 Å². The standard InChI is InChI=1S/C16H16ClFN4O/c17-12-8-14(18)15(20-10-12)22-6-3-13(4-7-22)21-16(23)11-2-1-5-19-9-11/h1-2,5,8-10,13H,3-4,6-7H2,(H,21,23). The second-order valence-electron chi connectivity index (χ2n) is 5.44. The van der Waals surface area contributed by atoms with E-state index in [1.807, 2.05) is 4.90 Å². The fraction of sp³-hybridized carbons (Fsp3) is 0.312. The molecule has 1 N–H and O–H groups in total. The summed E-state index contributed by atoms with van der Waals surface area (Å²) in [7, 11) is 0. The molecule has 7 heteroatoms. The van der Waals surface area contributed by atoms with Crippen LogP contribution in [0.1, 0.15) is 23.2 Å². The predicted octanol–water partition coefficient (Wildman–Crippen LogP) is 2.67. The first-order valence-corrected chi connectivity index (χ1v) is 7.78. The third-order valence-corrected chi connectivity index (χ3v) is 4.05. The minimum Gasteiger partial charge on any atom is -0.354 e. The zero-order valence-electron chi connectivity index (χ0n) is 12.4. The molecule has 0 radical (unpaired) electrons. The van der Waals surface area contributed by atoms with Gasteiger partial charge in [-0.1, -0.05) is 11.6 Å². The first kappa shape index (κ1) is 15.7. The van der Waals surface area contributed by atoms with Gasteiger partial charge in [-0.05, 0) is 31.0 Å². The first-order valence-electron chi connectivity index (χ1n) is 7.40. The van der Waals surface area contributed by atoms with Gasteiger partial charge in [0.2, 0.25) is 0 Å². The molecule has 2 aromatic heterocycles. The third-order valence-electron chi connectivity index (χ3n) is 3.84. The van der Waals surface area contributed by atoms with E-state index in [0.29, 0.717) is 24.5 Å². The molecule has 0 aliphatic carbocycles. The molecule has 0 aromatic carbocycles. The number of piperidine rings is 1. The number of nitrogens with one attached hydrogen (secondary N) is 1. The number of carbonyl (C=O) groups excluding carboxylic acids is 1. The summed E-state index contributed by atoms with van der Waals surface area (Å²) in [6, 6.07) is 4.78. The Morgan fingerprint density at radius 1 is 1.35 bits per heavy atom. The number of anilines is 1. The van der Waals surface area contributed by atoms with Crippen molar-refractivity contribution < 1.29 is 9.18 Å². The molecule has 0 unspecified atom stereocenters. The Bertz CT molecular complexity index is 690. The molecule has 0 atom stereocenters. The van der Waals surface area contributed by atoms with Gasteiger partial charge in [0.25, 0.3) is 5.91 Å². The van der Waals surface area contributed by atoms with E-state index in [0.717, 1.165) is 12.8 Å². The van der Waals surface area contributed by atoms with Crippen molar-refractivity contribution >= 4 is 23.3 Å². The second kappa shape index (κ2) is 6.91. The lowest BCUT2D eigenvalue weighted by molar-refractivity contribution is 0.0930. The second-order valence-corrected chi connectivity index (χ2v) is 5.87. The Hall–Kier alpha value is -2.21. The van der Waals surface area contributed by atoms with Crippen LogP contribution in [-0.2, 0) is 0 Å². The number of hydrogen-bond donors (Lipinski definition) is 1. The molecule has 5 nitrogen and oxygen atoms in total. The average Bonchev–Trinajstić information content (AvgIpc) is 2.57. The lowest BCUT2D eigenvalue weighted by Gasteiger charge is -2.33. The number of rotatable bonds is 3. The Labute approximate surface area is 138 Å². The molecule has 3 rings (SSSR count). The predicted molar refractivity (Wildman–Crippen MR) is 86.1 cm³/mol. The van der Waals surface area contributed by atoms with Crippen molar-refractivity contribution in [1.29, 1.82) is 0 Å². The molecule has 1 saturated heterocycles. The van der Waals surface area contributed by atoms with Crippen molar-refractivity contribution in [3.05, 3.63) is 53.2 Å². The smallest absolute Gasteiger partial charge is 0.253 e. The molecule has 120 valence electrons. The largest absolute Gasteiger partial charge is 0.354 e. The summed E-state index contributed by atoms with van der Waals surface area (Å²) in [6.07, 6.45) is 6.07. The van der Waals surface area contributed by atoms with Gasteiger partial charge >= 0.3 is 0 Å². The molecule has 1 amide bonds. The minimum absolute atomic E-state index is 0.0642. The summed E-state index contributed by atoms with van der Waals surface area (Å²) in [5.74, 6) is -0.242. The van der Waals surface area contributed by atoms with Crippen molar-refractivity contribution in [1.82, 2.24) is 15.3 Å². The van der Waals surface area contributed by atoms with Crippen LogP contribution in [0.4, 0.5) is 10.2 Å². The molecular weight excluding hydrogens is 319 g/mol. The molecule has 0 saturated carbocycles. The maximum Gasteiger partial charge on any atom is 0.253 e. The van der Waals surface area contributed by atoms with Crippen LogP contribution in [0.15, 0.2) is 36.8 Å². The van der Waals surface area contributed by atoms with Crippen LogP contribution in [0.3, 0.4) is 0 Å². The van der Waals surface area contributed by atoms with Crippen LogP contribution in [0.5, 0.6) is 0 Å². The summed E-state index contributed by atoms with van der Waals surface area (Å²) in [5, 5.41) is 3.27. The van der Waals surface area contributed by atoms with Crippen LogP contribution in [0.25, 0.3) is 0 Å². The van der Waals surface area contributed by atoms with Crippen molar-refractivity contribution in [3.8, 4) is 0 Å². The molecule has 3 heterocycles. The van der Waals surface area contributed by atoms with Crippen LogP contribution < -0.4 is 10.2 Å². The van der Waals surface area contributed by atoms with Crippen molar-refractivity contribution in [3.63, 3.8) is 0 Å². The molecule has 1 aliphatic rings. The summed E-state index contributed by atoms with van der Waals surface area (Å²) in [4.78, 5) is 22.0. The van der Waals surface area contributed by atoms with Gasteiger partial charge in [0.05, 0.1) is 10.6 Å². The fourth-order valence-electron chi connectivity index (χ4n) is 2.64. The highest BCUT2D eigenvalue weighted by Crippen LogP contribution is 2.23. The van der Waals surface area contributed by atoms with Gasteiger partial charge in [-0.3, -0.25) is 9.78 Å². The van der Waals surface area contributed by atoms with Gasteiger partial charge in [0.1, 0.15) is 0 Å². The van der Waals surface area contributed by atoms with Crippen LogP contribution in [-0.4, -0.2) is 35.0 Å². The van der Waals surface area contributed by atoms with Gasteiger partial charge in [0.15, 0.2) is 11.6 Å². The monoisotopic (exact) mass is 334 g/mol. The van der Waals surface area contributed by atoms with E-state index < -0.39 is 5.82 Å². The third kappa shape index (κ3) is 3.76. The zero-order valence-corrected chi connectivity index (χ0v) is 13.1. The van der Waals surface area contributed by atoms with Crippen molar-refractivity contribution in [2.45, 2.75) is 18.9 Å². The van der Waals surface area contributed by atoms with E-state index in [9.17, 15) is 9.18 Å². The molecule has 1 fully saturated rings. The Kier molecular flexibility index (Phi) is 4.71. The first-order chi connectivity index (χ1) is 11.1. The van der Waals surface area contributed by atoms with E-state index in [-0.39, 0.29) is 17.0 Å². The van der Waals surface area contributed by atoms with Crippen LogP contribution in [0.2, 0.25) is 5.02 Å². The van der Waals surface area contributed by atoms with Crippen molar-refractivity contribution in [2.24, 2.45) is 0 Å². The van der Waals surface area contributed by atoms with Gasteiger partial charge in [-0.25, -0.2) is 9.37 Å². The molecule has 0 bridgehead atoms. The van der Waals surface area contributed by atoms with E-state index in [2.05, 4.69) is 15.3 Å². The lowest BCUT2D eigenvalue weighted by Crippen LogP contribution is -2.45. The lowest BCUT2D eigenvalue weighted by atomic mass is 10.0. The van der Waals surface area contributed by atoms with Crippen molar-refractivity contribution in [2.75, 3.05) is 18.0 Å². The number of halogens is 2. The molecule has 2 aromatic rings. The summed E-state index contributed by atoms with van der Waals surface area (Å²) in [6.45, 7) is 1.26. The Morgan fingerprint density at radius 2 is 2.13 bits per heavy atom. The van der Waals surface area contributed by atoms with E-state index in [1.165, 1.54) is 18.5 Å². The molecule has 23 heavy (non-hydrogen) atoms. The number of hydrogen-bond acceptors (Lipinski definition) is 4. The van der Waals surface area contributed by atoms with Gasteiger partial charge in [-0.15, -0.1) is 0 Å². The molecular formula is C16H16ClFN4O. The van der Waals surface area contributed by atoms with Crippen LogP contribution in [0, 0.1) is 5.82 Å². The molecule has 1 aliphatic heterocycles. The number of aromatic nitrogens is 2. The highest BCUT2D eigenvalue weighted by Gasteiger charge is 2.23. The van der Waals surface area contributed by atoms with Gasteiger partial charge in [0, 0.05) is 37.7 Å². The van der Waals surface area contributed by atoms with Gasteiger partial charge in [-0.2, -0.15) is 0 Å². The fourth-order valence-corrected chi connectivity index (χ4v) is 2.79. The number of amides is 1. The maximum atomic E-state index is 13.9. The topological polar surface area (TPSA) is 58.1 Å². The minimum atomic E-state index is -0.421. The summed E-state index contributed by atoms with van der Waals surface area (Å²) >= 11 is 5.72. The Balaban J connectivity index is 1.57. The maximum absolute atomic E-state index is 13.9. The van der Waals surface area contributed by atoms with Crippen LogP contribution >= 0.6 is 11.6 Å². The SMILES string of the molecule is O=C(NC1CCN(c2ncc(Cl)cc2F)CC1)c1cccnc1. The Morgan fingerprint density at radius 3 is 2.78 bits per heavy atom. The molecule has 0 spiro atoms. The summed E-state index contributed by atoms with van der Waals surface area (Å²) < 4.78 is 13.9. The highest BCUT2D eigenvalue weighted by molar-refractivity contribution is 6.30. The zero-order chi connectivity index (χ0) is 16.2. The highest BCUT2D eigenvalue weighted by atomic mass is 35.5. The van der Waals surface area contributed by atoms with E-state index in [4.69, 9.17) is 11.6 Å². The summed E-state index contributed by atoms with van der Waals surface area (Å²) in [5.41, 5.74) is 0.542. The number of carbonyl (C=O) groups is 1. The van der Waals surface area contributed by atoms with E-state index in [1.54, 1.807) is 18.3 Å².